The van der Waals surface area contributed by atoms with Crippen LogP contribution in [0.5, 0.6) is 5.88 Å². The van der Waals surface area contributed by atoms with E-state index < -0.39 is 11.7 Å². The molecule has 6 nitrogen and oxygen atoms in total. The number of nitrogens with zero attached hydrogens (tertiary/aromatic N) is 4. The van der Waals surface area contributed by atoms with Crippen LogP contribution in [0.3, 0.4) is 0 Å². The number of H-pyrrole nitrogens is 1. The molecule has 9 heteroatoms. The Morgan fingerprint density at radius 2 is 1.97 bits per heavy atom. The third kappa shape index (κ3) is 3.98. The van der Waals surface area contributed by atoms with Crippen molar-refractivity contribution in [2.75, 3.05) is 19.7 Å². The second-order valence-corrected chi connectivity index (χ2v) is 8.33. The van der Waals surface area contributed by atoms with Gasteiger partial charge in [-0.3, -0.25) is 10.00 Å². The molecule has 2 aliphatic rings. The highest BCUT2D eigenvalue weighted by Crippen LogP contribution is 2.38. The van der Waals surface area contributed by atoms with Gasteiger partial charge in [0.05, 0.1) is 17.9 Å². The number of rotatable bonds is 4. The highest BCUT2D eigenvalue weighted by Gasteiger charge is 2.36. The van der Waals surface area contributed by atoms with Crippen LogP contribution >= 0.6 is 0 Å². The Morgan fingerprint density at radius 3 is 2.84 bits per heavy atom. The fourth-order valence-electron chi connectivity index (χ4n) is 4.94. The second kappa shape index (κ2) is 8.11. The highest BCUT2D eigenvalue weighted by molar-refractivity contribution is 5.90. The van der Waals surface area contributed by atoms with Gasteiger partial charge in [-0.2, -0.15) is 18.3 Å². The van der Waals surface area contributed by atoms with Crippen LogP contribution in [0.4, 0.5) is 13.2 Å². The van der Waals surface area contributed by atoms with Gasteiger partial charge in [0.25, 0.3) is 0 Å². The van der Waals surface area contributed by atoms with Crippen LogP contribution < -0.4 is 4.74 Å². The number of hydrogen-bond acceptors (Lipinski definition) is 5. The predicted molar refractivity (Wildman–Crippen MR) is 110 cm³/mol. The van der Waals surface area contributed by atoms with Crippen LogP contribution in [0, 0.1) is 5.92 Å². The molecular formula is C22H24F3N5O. The van der Waals surface area contributed by atoms with Gasteiger partial charge in [0.15, 0.2) is 5.65 Å². The van der Waals surface area contributed by atoms with Crippen LogP contribution in [0.15, 0.2) is 30.5 Å². The lowest BCUT2D eigenvalue weighted by Gasteiger charge is -2.44. The molecule has 2 saturated heterocycles. The Kier molecular flexibility index (Phi) is 5.29. The molecule has 0 spiro atoms. The van der Waals surface area contributed by atoms with Crippen molar-refractivity contribution in [3.63, 3.8) is 0 Å². The number of pyridine rings is 2. The molecule has 2 fully saturated rings. The molecule has 0 unspecified atom stereocenters. The largest absolute Gasteiger partial charge is 0.477 e. The standard InChI is InChI=1S/C22H24F3N5O/c23-22(24,25)16-8-9-18(27-20(16)19-15-6-3-10-26-21(15)29-28-19)31-13-14-5-4-12-30-11-2-1-7-17(14)30/h3,6,8-10,14,17H,1-2,4-5,7,11-13H2,(H,26,28,29)/t14-,17-/m0/s1. The minimum absolute atomic E-state index is 0.192. The Morgan fingerprint density at radius 1 is 1.10 bits per heavy atom. The monoisotopic (exact) mass is 431 g/mol. The van der Waals surface area contributed by atoms with Crippen molar-refractivity contribution in [3.05, 3.63) is 36.0 Å². The number of halogens is 3. The molecule has 0 bridgehead atoms. The van der Waals surface area contributed by atoms with Crippen molar-refractivity contribution < 1.29 is 17.9 Å². The highest BCUT2D eigenvalue weighted by atomic mass is 19.4. The number of fused-ring (bicyclic) bond motifs is 2. The average molecular weight is 431 g/mol. The van der Waals surface area contributed by atoms with Crippen molar-refractivity contribution in [2.45, 2.75) is 44.3 Å². The number of aromatic nitrogens is 4. The summed E-state index contributed by atoms with van der Waals surface area (Å²) in [6, 6.07) is 6.18. The van der Waals surface area contributed by atoms with E-state index in [1.807, 2.05) is 0 Å². The van der Waals surface area contributed by atoms with Gasteiger partial charge >= 0.3 is 6.18 Å². The van der Waals surface area contributed by atoms with E-state index in [0.717, 1.165) is 38.4 Å². The molecule has 0 aliphatic carbocycles. The Balaban J connectivity index is 1.43. The number of alkyl halides is 3. The zero-order chi connectivity index (χ0) is 21.4. The maximum atomic E-state index is 13.7. The Hall–Kier alpha value is -2.68. The molecule has 5 rings (SSSR count). The normalized spacial score (nSPS) is 22.4. The summed E-state index contributed by atoms with van der Waals surface area (Å²) in [5.74, 6) is 0.571. The quantitative estimate of drug-likeness (QED) is 0.650. The zero-order valence-electron chi connectivity index (χ0n) is 17.0. The average Bonchev–Trinajstić information content (AvgIpc) is 3.21. The first-order chi connectivity index (χ1) is 15.0. The van der Waals surface area contributed by atoms with Gasteiger partial charge in [-0.1, -0.05) is 6.42 Å². The smallest absolute Gasteiger partial charge is 0.418 e. The molecule has 0 radical (unpaired) electrons. The van der Waals surface area contributed by atoms with Gasteiger partial charge in [-0.05, 0) is 57.0 Å². The molecule has 31 heavy (non-hydrogen) atoms. The van der Waals surface area contributed by atoms with Gasteiger partial charge in [-0.15, -0.1) is 0 Å². The third-order valence-corrected chi connectivity index (χ3v) is 6.42. The van der Waals surface area contributed by atoms with Gasteiger partial charge in [0.1, 0.15) is 5.69 Å². The van der Waals surface area contributed by atoms with Gasteiger partial charge in [-0.25, -0.2) is 9.97 Å². The number of aromatic amines is 1. The third-order valence-electron chi connectivity index (χ3n) is 6.42. The molecule has 2 atom stereocenters. The SMILES string of the molecule is FC(F)(F)c1ccc(OC[C@@H]2CCCN3CCCC[C@@H]23)nc1-c1[nH]nc2ncccc12. The van der Waals surface area contributed by atoms with Crippen LogP contribution in [0.25, 0.3) is 22.4 Å². The van der Waals surface area contributed by atoms with E-state index in [1.54, 1.807) is 18.3 Å². The number of ether oxygens (including phenoxy) is 1. The predicted octanol–water partition coefficient (Wildman–Crippen LogP) is 4.68. The van der Waals surface area contributed by atoms with Gasteiger partial charge < -0.3 is 4.74 Å². The van der Waals surface area contributed by atoms with Crippen LogP contribution in [0.2, 0.25) is 0 Å². The Labute approximate surface area is 177 Å². The van der Waals surface area contributed by atoms with Crippen molar-refractivity contribution in [2.24, 2.45) is 5.92 Å². The van der Waals surface area contributed by atoms with Crippen molar-refractivity contribution in [3.8, 4) is 17.3 Å². The summed E-state index contributed by atoms with van der Waals surface area (Å²) in [6.45, 7) is 2.72. The van der Waals surface area contributed by atoms with Crippen molar-refractivity contribution in [1.29, 1.82) is 0 Å². The van der Waals surface area contributed by atoms with E-state index in [4.69, 9.17) is 4.74 Å². The summed E-state index contributed by atoms with van der Waals surface area (Å²) in [5, 5.41) is 7.19. The lowest BCUT2D eigenvalue weighted by Crippen LogP contribution is -2.49. The van der Waals surface area contributed by atoms with Crippen LogP contribution in [-0.2, 0) is 6.18 Å². The van der Waals surface area contributed by atoms with E-state index in [1.165, 1.54) is 18.9 Å². The Bertz CT molecular complexity index is 1060. The molecule has 0 saturated carbocycles. The summed E-state index contributed by atoms with van der Waals surface area (Å²) >= 11 is 0. The van der Waals surface area contributed by atoms with Gasteiger partial charge in [0, 0.05) is 29.6 Å². The molecule has 3 aromatic rings. The second-order valence-electron chi connectivity index (χ2n) is 8.33. The number of nitrogens with one attached hydrogen (secondary N) is 1. The maximum absolute atomic E-state index is 13.7. The first-order valence-electron chi connectivity index (χ1n) is 10.8. The van der Waals surface area contributed by atoms with Gasteiger partial charge in [0.2, 0.25) is 5.88 Å². The van der Waals surface area contributed by atoms with Crippen molar-refractivity contribution >= 4 is 11.0 Å². The number of piperidine rings is 2. The first-order valence-corrected chi connectivity index (χ1v) is 10.8. The molecule has 0 amide bonds. The fourth-order valence-corrected chi connectivity index (χ4v) is 4.94. The molecule has 2 aliphatic heterocycles. The van der Waals surface area contributed by atoms with Crippen LogP contribution in [0.1, 0.15) is 37.7 Å². The minimum Gasteiger partial charge on any atom is -0.477 e. The molecule has 0 aromatic carbocycles. The minimum atomic E-state index is -4.55. The summed E-state index contributed by atoms with van der Waals surface area (Å²) in [5.41, 5.74) is -0.510. The summed E-state index contributed by atoms with van der Waals surface area (Å²) in [4.78, 5) is 10.9. The molecule has 1 N–H and O–H groups in total. The van der Waals surface area contributed by atoms with E-state index in [0.29, 0.717) is 29.6 Å². The molecule has 3 aromatic heterocycles. The summed E-state index contributed by atoms with van der Waals surface area (Å²) in [7, 11) is 0. The first kappa shape index (κ1) is 20.2. The fraction of sp³-hybridized carbons (Fsp3) is 0.500. The van der Waals surface area contributed by atoms with E-state index in [2.05, 4.69) is 25.1 Å². The van der Waals surface area contributed by atoms with E-state index in [9.17, 15) is 13.2 Å². The van der Waals surface area contributed by atoms with Crippen LogP contribution in [-0.4, -0.2) is 50.8 Å². The number of hydrogen-bond donors (Lipinski definition) is 1. The zero-order valence-corrected chi connectivity index (χ0v) is 17.0. The molecule has 5 heterocycles. The summed E-state index contributed by atoms with van der Waals surface area (Å²) < 4.78 is 47.1. The molecular weight excluding hydrogens is 407 g/mol. The van der Waals surface area contributed by atoms with Crippen molar-refractivity contribution in [1.82, 2.24) is 25.1 Å². The topological polar surface area (TPSA) is 66.9 Å². The maximum Gasteiger partial charge on any atom is 0.418 e. The lowest BCUT2D eigenvalue weighted by atomic mass is 9.84. The lowest BCUT2D eigenvalue weighted by molar-refractivity contribution is -0.137. The summed E-state index contributed by atoms with van der Waals surface area (Å²) in [6.07, 6.45) is 2.82. The van der Waals surface area contributed by atoms with E-state index >= 15 is 0 Å². The molecule has 164 valence electrons. The van der Waals surface area contributed by atoms with E-state index in [-0.39, 0.29) is 17.3 Å².